The van der Waals surface area contributed by atoms with Crippen molar-refractivity contribution in [2.24, 2.45) is 0 Å². The molecule has 8 heteroatoms. The van der Waals surface area contributed by atoms with Gasteiger partial charge in [0.2, 0.25) is 5.91 Å². The van der Waals surface area contributed by atoms with Gasteiger partial charge in [0, 0.05) is 11.6 Å². The van der Waals surface area contributed by atoms with E-state index in [0.29, 0.717) is 24.8 Å². The predicted octanol–water partition coefficient (Wildman–Crippen LogP) is 3.19. The third-order valence-electron chi connectivity index (χ3n) is 5.04. The van der Waals surface area contributed by atoms with Gasteiger partial charge in [0.1, 0.15) is 18.5 Å². The van der Waals surface area contributed by atoms with Crippen LogP contribution in [0.4, 0.5) is 0 Å². The summed E-state index contributed by atoms with van der Waals surface area (Å²) in [5.41, 5.74) is 1.03. The van der Waals surface area contributed by atoms with Gasteiger partial charge in [-0.1, -0.05) is 42.1 Å². The minimum atomic E-state index is -0.205. The molecule has 5 rings (SSSR count). The van der Waals surface area contributed by atoms with Crippen LogP contribution >= 0.6 is 11.8 Å². The molecule has 1 amide bonds. The molecule has 0 saturated heterocycles. The van der Waals surface area contributed by atoms with Gasteiger partial charge in [-0.2, -0.15) is 0 Å². The first kappa shape index (κ1) is 19.0. The minimum absolute atomic E-state index is 0.0713. The standard InChI is InChI=1S/C22H22N4O3S/c27-20(23-12-17-13-28-18-8-4-5-9-19(18)29-17)14-30-22-25-24-21(15-10-11-15)26(22)16-6-2-1-3-7-16/h1-9,15,17H,10-14H2,(H,23,27). The highest BCUT2D eigenvalue weighted by Gasteiger charge is 2.31. The molecule has 30 heavy (non-hydrogen) atoms. The van der Waals surface area contributed by atoms with Crippen molar-refractivity contribution >= 4 is 17.7 Å². The number of carbonyl (C=O) groups excluding carboxylic acids is 1. The Morgan fingerprint density at radius 1 is 1.07 bits per heavy atom. The SMILES string of the molecule is O=C(CSc1nnc(C2CC2)n1-c1ccccc1)NCC1COc2ccccc2O1. The monoisotopic (exact) mass is 422 g/mol. The van der Waals surface area contributed by atoms with Crippen LogP contribution in [-0.4, -0.2) is 45.7 Å². The zero-order valence-corrected chi connectivity index (χ0v) is 17.2. The summed E-state index contributed by atoms with van der Waals surface area (Å²) in [6, 6.07) is 17.6. The molecule has 1 N–H and O–H groups in total. The van der Waals surface area contributed by atoms with Gasteiger partial charge in [0.25, 0.3) is 0 Å². The van der Waals surface area contributed by atoms with E-state index in [2.05, 4.69) is 20.1 Å². The van der Waals surface area contributed by atoms with E-state index in [9.17, 15) is 4.79 Å². The Labute approximate surface area is 178 Å². The molecule has 1 aromatic heterocycles. The molecule has 2 heterocycles. The maximum atomic E-state index is 12.4. The molecule has 0 radical (unpaired) electrons. The first-order chi connectivity index (χ1) is 14.8. The van der Waals surface area contributed by atoms with Gasteiger partial charge in [-0.15, -0.1) is 10.2 Å². The fraction of sp³-hybridized carbons (Fsp3) is 0.318. The highest BCUT2D eigenvalue weighted by Crippen LogP contribution is 2.41. The van der Waals surface area contributed by atoms with E-state index in [1.54, 1.807) is 0 Å². The summed E-state index contributed by atoms with van der Waals surface area (Å²) < 4.78 is 13.7. The zero-order valence-electron chi connectivity index (χ0n) is 16.4. The van der Waals surface area contributed by atoms with Crippen molar-refractivity contribution in [1.82, 2.24) is 20.1 Å². The number of thioether (sulfide) groups is 1. The third-order valence-corrected chi connectivity index (χ3v) is 5.97. The number of carbonyl (C=O) groups is 1. The average molecular weight is 423 g/mol. The first-order valence-corrected chi connectivity index (χ1v) is 11.0. The topological polar surface area (TPSA) is 78.3 Å². The van der Waals surface area contributed by atoms with Crippen molar-refractivity contribution in [2.45, 2.75) is 30.0 Å². The highest BCUT2D eigenvalue weighted by molar-refractivity contribution is 7.99. The summed E-state index contributed by atoms with van der Waals surface area (Å²) in [4.78, 5) is 12.4. The van der Waals surface area contributed by atoms with E-state index < -0.39 is 0 Å². The molecule has 1 atom stereocenters. The smallest absolute Gasteiger partial charge is 0.230 e. The van der Waals surface area contributed by atoms with Crippen LogP contribution in [-0.2, 0) is 4.79 Å². The van der Waals surface area contributed by atoms with Gasteiger partial charge >= 0.3 is 0 Å². The maximum absolute atomic E-state index is 12.4. The number of rotatable bonds is 7. The van der Waals surface area contributed by atoms with Crippen LogP contribution in [0.15, 0.2) is 59.8 Å². The molecule has 1 aliphatic carbocycles. The molecule has 1 unspecified atom stereocenters. The number of nitrogens with one attached hydrogen (secondary N) is 1. The number of hydrogen-bond acceptors (Lipinski definition) is 6. The van der Waals surface area contributed by atoms with Gasteiger partial charge in [0.15, 0.2) is 16.7 Å². The second-order valence-corrected chi connectivity index (χ2v) is 8.32. The van der Waals surface area contributed by atoms with Crippen molar-refractivity contribution in [3.8, 4) is 17.2 Å². The van der Waals surface area contributed by atoms with Gasteiger partial charge in [-0.05, 0) is 37.1 Å². The van der Waals surface area contributed by atoms with Crippen LogP contribution in [0.25, 0.3) is 5.69 Å². The molecule has 3 aromatic rings. The predicted molar refractivity (Wildman–Crippen MR) is 113 cm³/mol. The van der Waals surface area contributed by atoms with Crippen LogP contribution in [0.1, 0.15) is 24.6 Å². The van der Waals surface area contributed by atoms with Crippen LogP contribution < -0.4 is 14.8 Å². The fourth-order valence-electron chi connectivity index (χ4n) is 3.37. The van der Waals surface area contributed by atoms with E-state index in [-0.39, 0.29) is 17.8 Å². The Balaban J connectivity index is 1.18. The molecule has 1 saturated carbocycles. The average Bonchev–Trinajstić information content (AvgIpc) is 3.55. The van der Waals surface area contributed by atoms with Gasteiger partial charge in [0.05, 0.1) is 12.3 Å². The van der Waals surface area contributed by atoms with Crippen LogP contribution in [0.2, 0.25) is 0 Å². The molecule has 2 aliphatic rings. The number of aromatic nitrogens is 3. The van der Waals surface area contributed by atoms with Crippen LogP contribution in [0.3, 0.4) is 0 Å². The highest BCUT2D eigenvalue weighted by atomic mass is 32.2. The number of fused-ring (bicyclic) bond motifs is 1. The number of hydrogen-bond donors (Lipinski definition) is 1. The number of amides is 1. The third kappa shape index (κ3) is 4.14. The maximum Gasteiger partial charge on any atom is 0.230 e. The molecule has 0 spiro atoms. The molecule has 154 valence electrons. The number of ether oxygens (including phenoxy) is 2. The number of benzene rings is 2. The minimum Gasteiger partial charge on any atom is -0.486 e. The van der Waals surface area contributed by atoms with Crippen LogP contribution in [0.5, 0.6) is 11.5 Å². The van der Waals surface area contributed by atoms with Crippen LogP contribution in [0, 0.1) is 0 Å². The summed E-state index contributed by atoms with van der Waals surface area (Å²) in [6.45, 7) is 0.809. The Hall–Kier alpha value is -3.00. The molecule has 7 nitrogen and oxygen atoms in total. The number of para-hydroxylation sites is 3. The molecule has 0 bridgehead atoms. The second kappa shape index (κ2) is 8.39. The second-order valence-electron chi connectivity index (χ2n) is 7.38. The molecular formula is C22H22N4O3S. The molecule has 1 aliphatic heterocycles. The van der Waals surface area contributed by atoms with Crippen molar-refractivity contribution < 1.29 is 14.3 Å². The molecule has 1 fully saturated rings. The summed E-state index contributed by atoms with van der Waals surface area (Å²) in [5.74, 6) is 3.09. The van der Waals surface area contributed by atoms with E-state index >= 15 is 0 Å². The van der Waals surface area contributed by atoms with Crippen molar-refractivity contribution in [1.29, 1.82) is 0 Å². The summed E-state index contributed by atoms with van der Waals surface area (Å²) in [5, 5.41) is 12.4. The van der Waals surface area contributed by atoms with E-state index in [0.717, 1.165) is 35.3 Å². The summed E-state index contributed by atoms with van der Waals surface area (Å²) >= 11 is 1.40. The fourth-order valence-corrected chi connectivity index (χ4v) is 4.16. The van der Waals surface area contributed by atoms with E-state index in [1.165, 1.54) is 11.8 Å². The van der Waals surface area contributed by atoms with E-state index in [1.807, 2.05) is 54.6 Å². The zero-order chi connectivity index (χ0) is 20.3. The normalized spacial score (nSPS) is 17.5. The lowest BCUT2D eigenvalue weighted by atomic mass is 10.2. The number of nitrogens with zero attached hydrogens (tertiary/aromatic N) is 3. The van der Waals surface area contributed by atoms with Crippen molar-refractivity contribution in [3.63, 3.8) is 0 Å². The Bertz CT molecular complexity index is 1040. The summed E-state index contributed by atoms with van der Waals surface area (Å²) in [7, 11) is 0. The summed E-state index contributed by atoms with van der Waals surface area (Å²) in [6.07, 6.45) is 2.08. The van der Waals surface area contributed by atoms with E-state index in [4.69, 9.17) is 9.47 Å². The lowest BCUT2D eigenvalue weighted by Gasteiger charge is -2.26. The van der Waals surface area contributed by atoms with Crippen molar-refractivity contribution in [2.75, 3.05) is 18.9 Å². The first-order valence-electron chi connectivity index (χ1n) is 10.1. The Morgan fingerprint density at radius 2 is 1.83 bits per heavy atom. The van der Waals surface area contributed by atoms with Crippen molar-refractivity contribution in [3.05, 3.63) is 60.4 Å². The molecular weight excluding hydrogens is 400 g/mol. The largest absolute Gasteiger partial charge is 0.486 e. The lowest BCUT2D eigenvalue weighted by Crippen LogP contribution is -2.41. The van der Waals surface area contributed by atoms with Gasteiger partial charge < -0.3 is 14.8 Å². The van der Waals surface area contributed by atoms with Gasteiger partial charge in [-0.3, -0.25) is 9.36 Å². The Kier molecular flexibility index (Phi) is 5.31. The van der Waals surface area contributed by atoms with Gasteiger partial charge in [-0.25, -0.2) is 0 Å². The Morgan fingerprint density at radius 3 is 2.63 bits per heavy atom. The quantitative estimate of drug-likeness (QED) is 0.589. The lowest BCUT2D eigenvalue weighted by molar-refractivity contribution is -0.119. The molecule has 2 aromatic carbocycles.